The van der Waals surface area contributed by atoms with Crippen molar-refractivity contribution in [2.24, 2.45) is 5.73 Å². The molecule has 0 amide bonds. The molecule has 1 aromatic carbocycles. The molecule has 0 atom stereocenters. The number of benzene rings is 1. The molecular formula is C16H28ClN3O4S2. The SMILES string of the molecule is Cc1ccc(S(=O)(=O)NCCCCN)cc1S(=O)(=O)N1CCCCC1.Cl. The van der Waals surface area contributed by atoms with Gasteiger partial charge in [0.1, 0.15) is 0 Å². The van der Waals surface area contributed by atoms with E-state index in [0.717, 1.165) is 25.7 Å². The monoisotopic (exact) mass is 425 g/mol. The molecule has 3 N–H and O–H groups in total. The van der Waals surface area contributed by atoms with Crippen molar-refractivity contribution in [1.82, 2.24) is 9.03 Å². The second-order valence-corrected chi connectivity index (χ2v) is 9.96. The summed E-state index contributed by atoms with van der Waals surface area (Å²) in [7, 11) is -7.42. The predicted octanol–water partition coefficient (Wildman–Crippen LogP) is 1.61. The van der Waals surface area contributed by atoms with Crippen LogP contribution < -0.4 is 10.5 Å². The van der Waals surface area contributed by atoms with Crippen molar-refractivity contribution in [2.45, 2.75) is 48.8 Å². The van der Waals surface area contributed by atoms with Crippen LogP contribution >= 0.6 is 12.4 Å². The lowest BCUT2D eigenvalue weighted by Gasteiger charge is -2.26. The maximum atomic E-state index is 12.9. The van der Waals surface area contributed by atoms with Crippen molar-refractivity contribution in [3.05, 3.63) is 23.8 Å². The molecule has 0 spiro atoms. The fourth-order valence-corrected chi connectivity index (χ4v) is 5.77. The van der Waals surface area contributed by atoms with Crippen molar-refractivity contribution < 1.29 is 16.8 Å². The van der Waals surface area contributed by atoms with Gasteiger partial charge in [-0.3, -0.25) is 0 Å². The van der Waals surface area contributed by atoms with E-state index in [1.165, 1.54) is 16.4 Å². The minimum Gasteiger partial charge on any atom is -0.330 e. The van der Waals surface area contributed by atoms with E-state index in [-0.39, 0.29) is 28.7 Å². The zero-order valence-electron chi connectivity index (χ0n) is 15.0. The normalized spacial score (nSPS) is 16.2. The maximum Gasteiger partial charge on any atom is 0.243 e. The summed E-state index contributed by atoms with van der Waals surface area (Å²) in [5.41, 5.74) is 5.94. The third-order valence-corrected chi connectivity index (χ3v) is 7.83. The molecule has 1 heterocycles. The maximum absolute atomic E-state index is 12.9. The average Bonchev–Trinajstić information content (AvgIpc) is 2.59. The number of halogens is 1. The van der Waals surface area contributed by atoms with E-state index in [0.29, 0.717) is 31.6 Å². The molecule has 1 aliphatic rings. The number of piperidine rings is 1. The molecule has 1 fully saturated rings. The molecule has 1 aromatic rings. The average molecular weight is 426 g/mol. The molecule has 0 radical (unpaired) electrons. The Balaban J connectivity index is 0.00000338. The van der Waals surface area contributed by atoms with Gasteiger partial charge in [0, 0.05) is 19.6 Å². The second-order valence-electron chi connectivity index (χ2n) is 6.29. The van der Waals surface area contributed by atoms with E-state index < -0.39 is 20.0 Å². The highest BCUT2D eigenvalue weighted by Crippen LogP contribution is 2.25. The lowest BCUT2D eigenvalue weighted by Crippen LogP contribution is -2.36. The van der Waals surface area contributed by atoms with Gasteiger partial charge in [-0.15, -0.1) is 12.4 Å². The number of unbranched alkanes of at least 4 members (excludes halogenated alkanes) is 1. The minimum atomic E-state index is -3.74. The second kappa shape index (κ2) is 10.0. The molecule has 0 aliphatic carbocycles. The lowest BCUT2D eigenvalue weighted by atomic mass is 10.2. The van der Waals surface area contributed by atoms with Gasteiger partial charge >= 0.3 is 0 Å². The number of rotatable bonds is 8. The summed E-state index contributed by atoms with van der Waals surface area (Å²) in [6, 6.07) is 4.26. The van der Waals surface area contributed by atoms with Crippen molar-refractivity contribution in [1.29, 1.82) is 0 Å². The molecule has 0 aromatic heterocycles. The van der Waals surface area contributed by atoms with Crippen molar-refractivity contribution in [3.63, 3.8) is 0 Å². The van der Waals surface area contributed by atoms with Crippen LogP contribution in [0.2, 0.25) is 0 Å². The van der Waals surface area contributed by atoms with E-state index in [9.17, 15) is 16.8 Å². The molecular weight excluding hydrogens is 398 g/mol. The standard InChI is InChI=1S/C16H27N3O4S2.ClH/c1-14-7-8-15(24(20,21)18-10-4-3-9-17)13-16(14)25(22,23)19-11-5-2-6-12-19;/h7-8,13,18H,2-6,9-12,17H2,1H3;1H. The summed E-state index contributed by atoms with van der Waals surface area (Å²) < 4.78 is 54.5. The zero-order valence-corrected chi connectivity index (χ0v) is 17.4. The van der Waals surface area contributed by atoms with Crippen LogP contribution in [-0.4, -0.2) is 47.3 Å². The molecule has 0 unspecified atom stereocenters. The third-order valence-electron chi connectivity index (χ3n) is 4.33. The fourth-order valence-electron chi connectivity index (χ4n) is 2.83. The number of sulfonamides is 2. The number of hydrogen-bond donors (Lipinski definition) is 2. The number of hydrogen-bond acceptors (Lipinski definition) is 5. The Morgan fingerprint density at radius 2 is 1.73 bits per heavy atom. The summed E-state index contributed by atoms with van der Waals surface area (Å²) in [4.78, 5) is 0.0423. The molecule has 0 saturated carbocycles. The van der Waals surface area contributed by atoms with E-state index in [1.54, 1.807) is 13.0 Å². The molecule has 26 heavy (non-hydrogen) atoms. The number of nitrogens with two attached hydrogens (primary N) is 1. The first-order valence-corrected chi connectivity index (χ1v) is 11.5. The number of aryl methyl sites for hydroxylation is 1. The first-order valence-electron chi connectivity index (χ1n) is 8.59. The zero-order chi connectivity index (χ0) is 18.5. The Morgan fingerprint density at radius 3 is 2.35 bits per heavy atom. The topological polar surface area (TPSA) is 110 Å². The Bertz CT molecular complexity index is 792. The summed E-state index contributed by atoms with van der Waals surface area (Å²) in [6.45, 7) is 3.43. The van der Waals surface area contributed by atoms with E-state index in [2.05, 4.69) is 4.72 Å². The van der Waals surface area contributed by atoms with Gasteiger partial charge in [-0.25, -0.2) is 21.6 Å². The van der Waals surface area contributed by atoms with Gasteiger partial charge in [-0.2, -0.15) is 4.31 Å². The predicted molar refractivity (Wildman–Crippen MR) is 105 cm³/mol. The molecule has 2 rings (SSSR count). The smallest absolute Gasteiger partial charge is 0.243 e. The minimum absolute atomic E-state index is 0. The number of nitrogens with one attached hydrogen (secondary N) is 1. The van der Waals surface area contributed by atoms with E-state index >= 15 is 0 Å². The third kappa shape index (κ3) is 5.64. The van der Waals surface area contributed by atoms with Crippen molar-refractivity contribution in [3.8, 4) is 0 Å². The van der Waals surface area contributed by atoms with Crippen molar-refractivity contribution >= 4 is 32.5 Å². The lowest BCUT2D eigenvalue weighted by molar-refractivity contribution is 0.346. The largest absolute Gasteiger partial charge is 0.330 e. The van der Waals surface area contributed by atoms with Gasteiger partial charge in [-0.05, 0) is 56.8 Å². The molecule has 1 aliphatic heterocycles. The van der Waals surface area contributed by atoms with Gasteiger partial charge < -0.3 is 5.73 Å². The summed E-state index contributed by atoms with van der Waals surface area (Å²) in [5.74, 6) is 0. The van der Waals surface area contributed by atoms with Crippen LogP contribution in [0.1, 0.15) is 37.7 Å². The van der Waals surface area contributed by atoms with Gasteiger partial charge in [0.2, 0.25) is 20.0 Å². The highest BCUT2D eigenvalue weighted by molar-refractivity contribution is 7.90. The van der Waals surface area contributed by atoms with E-state index in [4.69, 9.17) is 5.73 Å². The molecule has 0 bridgehead atoms. The van der Waals surface area contributed by atoms with Crippen molar-refractivity contribution in [2.75, 3.05) is 26.2 Å². The fraction of sp³-hybridized carbons (Fsp3) is 0.625. The Kier molecular flexibility index (Phi) is 8.98. The van der Waals surface area contributed by atoms with Crippen LogP contribution in [0.15, 0.2) is 28.0 Å². The first-order chi connectivity index (χ1) is 11.8. The summed E-state index contributed by atoms with van der Waals surface area (Å²) >= 11 is 0. The van der Waals surface area contributed by atoms with Gasteiger partial charge in [0.15, 0.2) is 0 Å². The molecule has 1 saturated heterocycles. The highest BCUT2D eigenvalue weighted by Gasteiger charge is 2.28. The van der Waals surface area contributed by atoms with Crippen LogP contribution in [0.4, 0.5) is 0 Å². The molecule has 10 heteroatoms. The summed E-state index contributed by atoms with van der Waals surface area (Å²) in [5, 5.41) is 0. The Hall–Kier alpha value is -0.710. The Labute approximate surface area is 162 Å². The quantitative estimate of drug-likeness (QED) is 0.615. The first kappa shape index (κ1) is 23.3. The van der Waals surface area contributed by atoms with Gasteiger partial charge in [0.05, 0.1) is 9.79 Å². The van der Waals surface area contributed by atoms with Crippen LogP contribution in [0.3, 0.4) is 0 Å². The molecule has 150 valence electrons. The van der Waals surface area contributed by atoms with E-state index in [1.807, 2.05) is 0 Å². The van der Waals surface area contributed by atoms with Crippen LogP contribution in [0.25, 0.3) is 0 Å². The van der Waals surface area contributed by atoms with Crippen LogP contribution in [-0.2, 0) is 20.0 Å². The van der Waals surface area contributed by atoms with Gasteiger partial charge in [-0.1, -0.05) is 12.5 Å². The molecule has 7 nitrogen and oxygen atoms in total. The highest BCUT2D eigenvalue weighted by atomic mass is 35.5. The van der Waals surface area contributed by atoms with Crippen LogP contribution in [0, 0.1) is 6.92 Å². The van der Waals surface area contributed by atoms with Gasteiger partial charge in [0.25, 0.3) is 0 Å². The van der Waals surface area contributed by atoms with Crippen LogP contribution in [0.5, 0.6) is 0 Å². The number of nitrogens with zero attached hydrogens (tertiary/aromatic N) is 1. The summed E-state index contributed by atoms with van der Waals surface area (Å²) in [6.07, 6.45) is 4.05. The Morgan fingerprint density at radius 1 is 1.08 bits per heavy atom.